The van der Waals surface area contributed by atoms with Gasteiger partial charge < -0.3 is 4.42 Å². The second-order valence-corrected chi connectivity index (χ2v) is 17.8. The quantitative estimate of drug-likeness (QED) is 0.167. The zero-order valence-electron chi connectivity index (χ0n) is 36.8. The Morgan fingerprint density at radius 3 is 1.35 bits per heavy atom. The molecule has 0 unspecified atom stereocenters. The first-order valence-electron chi connectivity index (χ1n) is 23.2. The van der Waals surface area contributed by atoms with Crippen LogP contribution in [-0.2, 0) is 5.41 Å². The summed E-state index contributed by atoms with van der Waals surface area (Å²) >= 11 is 0. The molecule has 0 bridgehead atoms. The molecule has 0 atom stereocenters. The van der Waals surface area contributed by atoms with Gasteiger partial charge in [0.15, 0.2) is 17.5 Å². The van der Waals surface area contributed by atoms with Gasteiger partial charge in [0, 0.05) is 27.5 Å². The lowest BCUT2D eigenvalue weighted by Gasteiger charge is -2.30. The molecule has 10 aromatic carbocycles. The third kappa shape index (κ3) is 5.77. The standard InChI is InChI=1S/C64H39N3O/c1-3-15-40(16-4-1)41-29-31-43(32-30-41)62-65-61(42-17-5-2-6-18-42)66-63(67-62)51-24-14-28-59-60(51)53-39-47(34-36-58(53)68-59)45-20-13-19-44(37-45)46-33-35-57-52(38-46)50-23-9-12-27-56(50)64(57)54-25-10-7-21-48(54)49-22-8-11-26-55(49)64/h1-39H. The molecule has 2 aliphatic carbocycles. The van der Waals surface area contributed by atoms with Crippen LogP contribution in [0.4, 0.5) is 0 Å². The molecule has 2 heterocycles. The van der Waals surface area contributed by atoms with E-state index in [4.69, 9.17) is 19.4 Å². The second kappa shape index (κ2) is 15.0. The van der Waals surface area contributed by atoms with Crippen molar-refractivity contribution in [2.45, 2.75) is 5.41 Å². The molecular weight excluding hydrogens is 827 g/mol. The third-order valence-electron chi connectivity index (χ3n) is 14.2. The Kier molecular flexibility index (Phi) is 8.46. The summed E-state index contributed by atoms with van der Waals surface area (Å²) in [6.07, 6.45) is 0. The highest BCUT2D eigenvalue weighted by Gasteiger charge is 2.51. The van der Waals surface area contributed by atoms with Crippen molar-refractivity contribution in [2.75, 3.05) is 0 Å². The number of hydrogen-bond donors (Lipinski definition) is 0. The number of fused-ring (bicyclic) bond motifs is 13. The lowest BCUT2D eigenvalue weighted by Crippen LogP contribution is -2.25. The number of benzene rings is 10. The molecule has 0 saturated carbocycles. The van der Waals surface area contributed by atoms with Crippen LogP contribution in [0.2, 0.25) is 0 Å². The molecule has 4 nitrogen and oxygen atoms in total. The molecule has 2 aromatic heterocycles. The molecule has 0 amide bonds. The molecular formula is C64H39N3O. The van der Waals surface area contributed by atoms with Crippen LogP contribution in [0.15, 0.2) is 241 Å². The highest BCUT2D eigenvalue weighted by Crippen LogP contribution is 2.63. The van der Waals surface area contributed by atoms with Gasteiger partial charge in [0.1, 0.15) is 11.2 Å². The van der Waals surface area contributed by atoms with Gasteiger partial charge in [0.2, 0.25) is 0 Å². The fourth-order valence-electron chi connectivity index (χ4n) is 11.1. The largest absolute Gasteiger partial charge is 0.456 e. The van der Waals surface area contributed by atoms with Gasteiger partial charge in [0.05, 0.1) is 5.41 Å². The Bertz CT molecular complexity index is 3920. The minimum Gasteiger partial charge on any atom is -0.456 e. The lowest BCUT2D eigenvalue weighted by atomic mass is 9.70. The fraction of sp³-hybridized carbons (Fsp3) is 0.0156. The summed E-state index contributed by atoms with van der Waals surface area (Å²) in [7, 11) is 0. The molecule has 0 saturated heterocycles. The maximum atomic E-state index is 6.57. The number of nitrogens with zero attached hydrogens (tertiary/aromatic N) is 3. The van der Waals surface area contributed by atoms with Crippen LogP contribution >= 0.6 is 0 Å². The second-order valence-electron chi connectivity index (χ2n) is 17.8. The van der Waals surface area contributed by atoms with Gasteiger partial charge in [-0.2, -0.15) is 0 Å². The predicted molar refractivity (Wildman–Crippen MR) is 276 cm³/mol. The van der Waals surface area contributed by atoms with E-state index in [9.17, 15) is 0 Å². The summed E-state index contributed by atoms with van der Waals surface area (Å²) in [5, 5.41) is 1.97. The SMILES string of the molecule is c1ccc(-c2ccc(-c3nc(-c4ccccc4)nc(-c4cccc5oc6ccc(-c7cccc(-c8ccc9c(c8)-c8ccccc8C98c9ccccc9-c9ccccc98)c7)cc6c45)n3)cc2)cc1. The van der Waals surface area contributed by atoms with Crippen LogP contribution in [0.5, 0.6) is 0 Å². The molecule has 14 rings (SSSR count). The van der Waals surface area contributed by atoms with Gasteiger partial charge in [0.25, 0.3) is 0 Å². The molecule has 0 radical (unpaired) electrons. The highest BCUT2D eigenvalue weighted by atomic mass is 16.3. The van der Waals surface area contributed by atoms with Crippen molar-refractivity contribution in [3.05, 3.63) is 259 Å². The van der Waals surface area contributed by atoms with E-state index in [1.807, 2.05) is 48.5 Å². The Balaban J connectivity index is 0.872. The van der Waals surface area contributed by atoms with E-state index in [-0.39, 0.29) is 5.41 Å². The fourth-order valence-corrected chi connectivity index (χ4v) is 11.1. The number of furan rings is 1. The Morgan fingerprint density at radius 1 is 0.265 bits per heavy atom. The first-order chi connectivity index (χ1) is 33.7. The van der Waals surface area contributed by atoms with Crippen molar-refractivity contribution in [1.29, 1.82) is 0 Å². The van der Waals surface area contributed by atoms with Gasteiger partial charge in [-0.15, -0.1) is 0 Å². The molecule has 68 heavy (non-hydrogen) atoms. The van der Waals surface area contributed by atoms with Gasteiger partial charge >= 0.3 is 0 Å². The monoisotopic (exact) mass is 865 g/mol. The number of hydrogen-bond acceptors (Lipinski definition) is 4. The normalized spacial score (nSPS) is 12.8. The third-order valence-corrected chi connectivity index (χ3v) is 14.2. The van der Waals surface area contributed by atoms with E-state index in [1.165, 1.54) is 50.1 Å². The molecule has 12 aromatic rings. The van der Waals surface area contributed by atoms with Gasteiger partial charge in [-0.05, 0) is 108 Å². The van der Waals surface area contributed by atoms with Crippen LogP contribution in [0.1, 0.15) is 22.3 Å². The van der Waals surface area contributed by atoms with E-state index < -0.39 is 0 Å². The van der Waals surface area contributed by atoms with E-state index in [0.717, 1.165) is 66.4 Å². The van der Waals surface area contributed by atoms with E-state index in [2.05, 4.69) is 188 Å². The Morgan fingerprint density at radius 2 is 0.691 bits per heavy atom. The average Bonchev–Trinajstić information content (AvgIpc) is 4.05. The number of rotatable bonds is 6. The summed E-state index contributed by atoms with van der Waals surface area (Å²) in [5.74, 6) is 1.81. The van der Waals surface area contributed by atoms with Crippen molar-refractivity contribution in [2.24, 2.45) is 0 Å². The minimum atomic E-state index is -0.360. The molecule has 316 valence electrons. The van der Waals surface area contributed by atoms with Crippen molar-refractivity contribution in [1.82, 2.24) is 15.0 Å². The minimum absolute atomic E-state index is 0.360. The zero-order valence-corrected chi connectivity index (χ0v) is 36.8. The van der Waals surface area contributed by atoms with Crippen molar-refractivity contribution >= 4 is 21.9 Å². The van der Waals surface area contributed by atoms with Crippen LogP contribution in [0.3, 0.4) is 0 Å². The highest BCUT2D eigenvalue weighted by molar-refractivity contribution is 6.13. The summed E-state index contributed by atoms with van der Waals surface area (Å²) in [6, 6.07) is 84.6. The number of aromatic nitrogens is 3. The van der Waals surface area contributed by atoms with E-state index in [1.54, 1.807) is 0 Å². The summed E-state index contributed by atoms with van der Waals surface area (Å²) in [4.78, 5) is 15.4. The van der Waals surface area contributed by atoms with Crippen LogP contribution in [-0.4, -0.2) is 15.0 Å². The van der Waals surface area contributed by atoms with E-state index >= 15 is 0 Å². The predicted octanol–water partition coefficient (Wildman–Crippen LogP) is 16.1. The topological polar surface area (TPSA) is 51.8 Å². The molecule has 2 aliphatic rings. The zero-order chi connectivity index (χ0) is 44.8. The lowest BCUT2D eigenvalue weighted by molar-refractivity contribution is 0.669. The van der Waals surface area contributed by atoms with Crippen LogP contribution in [0, 0.1) is 0 Å². The molecule has 4 heteroatoms. The van der Waals surface area contributed by atoms with E-state index in [0.29, 0.717) is 17.5 Å². The molecule has 1 spiro atoms. The van der Waals surface area contributed by atoms with Crippen LogP contribution < -0.4 is 0 Å². The average molecular weight is 866 g/mol. The first kappa shape index (κ1) is 38.3. The summed E-state index contributed by atoms with van der Waals surface area (Å²) in [5.41, 5.74) is 21.4. The Hall–Kier alpha value is -8.99. The maximum Gasteiger partial charge on any atom is 0.164 e. The van der Waals surface area contributed by atoms with Gasteiger partial charge in [-0.25, -0.2) is 15.0 Å². The van der Waals surface area contributed by atoms with Crippen molar-refractivity contribution in [3.8, 4) is 89.8 Å². The van der Waals surface area contributed by atoms with Gasteiger partial charge in [-0.1, -0.05) is 206 Å². The summed E-state index contributed by atoms with van der Waals surface area (Å²) < 4.78 is 6.57. The van der Waals surface area contributed by atoms with Gasteiger partial charge in [-0.3, -0.25) is 0 Å². The van der Waals surface area contributed by atoms with Crippen LogP contribution in [0.25, 0.3) is 112 Å². The smallest absolute Gasteiger partial charge is 0.164 e. The molecule has 0 aliphatic heterocycles. The molecule has 0 fully saturated rings. The van der Waals surface area contributed by atoms with Crippen molar-refractivity contribution in [3.63, 3.8) is 0 Å². The Labute approximate surface area is 393 Å². The van der Waals surface area contributed by atoms with Crippen molar-refractivity contribution < 1.29 is 4.42 Å². The summed E-state index contributed by atoms with van der Waals surface area (Å²) in [6.45, 7) is 0. The maximum absolute atomic E-state index is 6.57. The first-order valence-corrected chi connectivity index (χ1v) is 23.2. The molecule has 0 N–H and O–H groups in total.